The second-order valence-corrected chi connectivity index (χ2v) is 4.99. The van der Waals surface area contributed by atoms with Crippen LogP contribution in [0.5, 0.6) is 5.88 Å². The molecular weight excluding hydrogens is 242 g/mol. The quantitative estimate of drug-likeness (QED) is 0.823. The molecule has 0 unspecified atom stereocenters. The van der Waals surface area contributed by atoms with Crippen molar-refractivity contribution in [2.45, 2.75) is 13.0 Å². The van der Waals surface area contributed by atoms with Crippen LogP contribution in [-0.4, -0.2) is 66.8 Å². The zero-order valence-corrected chi connectivity index (χ0v) is 11.4. The van der Waals surface area contributed by atoms with E-state index in [4.69, 9.17) is 4.74 Å². The van der Waals surface area contributed by atoms with Crippen LogP contribution in [0.15, 0.2) is 12.4 Å². The molecule has 2 aliphatic rings. The minimum Gasteiger partial charge on any atom is -0.478 e. The number of hydrogen-bond acceptors (Lipinski definition) is 6. The Morgan fingerprint density at radius 3 is 2.84 bits per heavy atom. The lowest BCUT2D eigenvalue weighted by Gasteiger charge is -2.47. The molecule has 0 radical (unpaired) electrons. The maximum Gasteiger partial charge on any atom is 0.218 e. The van der Waals surface area contributed by atoms with Crippen molar-refractivity contribution in [1.29, 1.82) is 0 Å². The van der Waals surface area contributed by atoms with Gasteiger partial charge in [0.25, 0.3) is 0 Å². The van der Waals surface area contributed by atoms with Gasteiger partial charge in [-0.2, -0.15) is 0 Å². The van der Waals surface area contributed by atoms with Crippen molar-refractivity contribution < 1.29 is 4.74 Å². The fourth-order valence-electron chi connectivity index (χ4n) is 2.65. The van der Waals surface area contributed by atoms with E-state index < -0.39 is 0 Å². The standard InChI is InChI=1S/C13H21N5O/c1-2-19-13-7-12(15-10-16-13)18-8-11(9-18)17-5-3-14-4-6-17/h7,10-11,14H,2-6,8-9H2,1H3. The van der Waals surface area contributed by atoms with E-state index >= 15 is 0 Å². The maximum atomic E-state index is 5.41. The van der Waals surface area contributed by atoms with Crippen molar-refractivity contribution in [2.24, 2.45) is 0 Å². The monoisotopic (exact) mass is 263 g/mol. The van der Waals surface area contributed by atoms with Crippen LogP contribution in [0.1, 0.15) is 6.92 Å². The predicted molar refractivity (Wildman–Crippen MR) is 73.6 cm³/mol. The molecule has 1 aromatic rings. The van der Waals surface area contributed by atoms with Crippen LogP contribution in [0.25, 0.3) is 0 Å². The molecule has 2 fully saturated rings. The Morgan fingerprint density at radius 1 is 1.32 bits per heavy atom. The molecule has 6 nitrogen and oxygen atoms in total. The zero-order chi connectivity index (χ0) is 13.1. The Kier molecular flexibility index (Phi) is 3.79. The first-order valence-electron chi connectivity index (χ1n) is 7.01. The Hall–Kier alpha value is -1.40. The summed E-state index contributed by atoms with van der Waals surface area (Å²) in [7, 11) is 0. The molecule has 6 heteroatoms. The number of ether oxygens (including phenoxy) is 1. The van der Waals surface area contributed by atoms with Gasteiger partial charge in [-0.05, 0) is 6.92 Å². The molecule has 3 rings (SSSR count). The third-order valence-electron chi connectivity index (χ3n) is 3.77. The van der Waals surface area contributed by atoms with E-state index in [2.05, 4.69) is 25.1 Å². The molecule has 3 heterocycles. The second kappa shape index (κ2) is 5.71. The summed E-state index contributed by atoms with van der Waals surface area (Å²) in [6, 6.07) is 2.60. The van der Waals surface area contributed by atoms with Crippen LogP contribution in [0.2, 0.25) is 0 Å². The van der Waals surface area contributed by atoms with Gasteiger partial charge >= 0.3 is 0 Å². The summed E-state index contributed by atoms with van der Waals surface area (Å²) >= 11 is 0. The van der Waals surface area contributed by atoms with E-state index in [0.29, 0.717) is 18.5 Å². The zero-order valence-electron chi connectivity index (χ0n) is 11.4. The van der Waals surface area contributed by atoms with Crippen molar-refractivity contribution in [2.75, 3.05) is 50.8 Å². The van der Waals surface area contributed by atoms with Gasteiger partial charge in [0.2, 0.25) is 5.88 Å². The number of rotatable bonds is 4. The molecule has 0 aliphatic carbocycles. The Bertz CT molecular complexity index is 415. The molecule has 0 bridgehead atoms. The predicted octanol–water partition coefficient (Wildman–Crippen LogP) is -0.0309. The molecule has 2 saturated heterocycles. The van der Waals surface area contributed by atoms with E-state index in [1.54, 1.807) is 6.33 Å². The second-order valence-electron chi connectivity index (χ2n) is 4.99. The third kappa shape index (κ3) is 2.79. The highest BCUT2D eigenvalue weighted by Crippen LogP contribution is 2.23. The highest BCUT2D eigenvalue weighted by atomic mass is 16.5. The average molecular weight is 263 g/mol. The highest BCUT2D eigenvalue weighted by Gasteiger charge is 2.33. The van der Waals surface area contributed by atoms with Crippen molar-refractivity contribution in [3.05, 3.63) is 12.4 Å². The third-order valence-corrected chi connectivity index (χ3v) is 3.77. The Labute approximate surface area is 113 Å². The fraction of sp³-hybridized carbons (Fsp3) is 0.692. The fourth-order valence-corrected chi connectivity index (χ4v) is 2.65. The summed E-state index contributed by atoms with van der Waals surface area (Å²) in [4.78, 5) is 13.3. The largest absolute Gasteiger partial charge is 0.478 e. The number of anilines is 1. The Morgan fingerprint density at radius 2 is 2.11 bits per heavy atom. The number of hydrogen-bond donors (Lipinski definition) is 1. The molecule has 0 aromatic carbocycles. The Balaban J connectivity index is 1.56. The molecule has 2 aliphatic heterocycles. The molecule has 0 amide bonds. The smallest absolute Gasteiger partial charge is 0.218 e. The van der Waals surface area contributed by atoms with E-state index in [-0.39, 0.29) is 0 Å². The van der Waals surface area contributed by atoms with Crippen molar-refractivity contribution in [3.8, 4) is 5.88 Å². The van der Waals surface area contributed by atoms with Gasteiger partial charge in [-0.1, -0.05) is 0 Å². The number of piperazine rings is 1. The molecule has 19 heavy (non-hydrogen) atoms. The minimum atomic E-state index is 0.639. The van der Waals surface area contributed by atoms with Crippen molar-refractivity contribution >= 4 is 5.82 Å². The summed E-state index contributed by atoms with van der Waals surface area (Å²) in [6.45, 7) is 9.26. The highest BCUT2D eigenvalue weighted by molar-refractivity contribution is 5.44. The molecular formula is C13H21N5O. The van der Waals surface area contributed by atoms with Gasteiger partial charge in [0.05, 0.1) is 6.61 Å². The molecule has 1 N–H and O–H groups in total. The van der Waals surface area contributed by atoms with Crippen LogP contribution in [-0.2, 0) is 0 Å². The average Bonchev–Trinajstić information content (AvgIpc) is 2.39. The summed E-state index contributed by atoms with van der Waals surface area (Å²) < 4.78 is 5.41. The van der Waals surface area contributed by atoms with Gasteiger partial charge in [-0.25, -0.2) is 9.97 Å². The molecule has 104 valence electrons. The van der Waals surface area contributed by atoms with Crippen LogP contribution < -0.4 is 15.0 Å². The van der Waals surface area contributed by atoms with E-state index in [0.717, 1.165) is 45.1 Å². The van der Waals surface area contributed by atoms with E-state index in [1.165, 1.54) is 0 Å². The van der Waals surface area contributed by atoms with Crippen molar-refractivity contribution in [3.63, 3.8) is 0 Å². The van der Waals surface area contributed by atoms with E-state index in [9.17, 15) is 0 Å². The van der Waals surface area contributed by atoms with Gasteiger partial charge < -0.3 is 15.0 Å². The van der Waals surface area contributed by atoms with Crippen LogP contribution in [0, 0.1) is 0 Å². The van der Waals surface area contributed by atoms with E-state index in [1.807, 2.05) is 13.0 Å². The summed E-state index contributed by atoms with van der Waals surface area (Å²) in [5.74, 6) is 1.64. The van der Waals surface area contributed by atoms with Gasteiger partial charge in [0.1, 0.15) is 12.1 Å². The van der Waals surface area contributed by atoms with Crippen LogP contribution in [0.4, 0.5) is 5.82 Å². The van der Waals surface area contributed by atoms with Gasteiger partial charge in [0, 0.05) is 51.4 Å². The first-order valence-corrected chi connectivity index (χ1v) is 7.01. The van der Waals surface area contributed by atoms with Gasteiger partial charge in [0.15, 0.2) is 0 Å². The number of aromatic nitrogens is 2. The molecule has 0 spiro atoms. The van der Waals surface area contributed by atoms with Crippen molar-refractivity contribution in [1.82, 2.24) is 20.2 Å². The minimum absolute atomic E-state index is 0.639. The lowest BCUT2D eigenvalue weighted by atomic mass is 10.1. The van der Waals surface area contributed by atoms with Crippen LogP contribution in [0.3, 0.4) is 0 Å². The first-order chi connectivity index (χ1) is 9.36. The lowest BCUT2D eigenvalue weighted by Crippen LogP contribution is -2.63. The first kappa shape index (κ1) is 12.6. The summed E-state index contributed by atoms with van der Waals surface area (Å²) in [6.07, 6.45) is 1.58. The molecule has 0 atom stereocenters. The molecule has 0 saturated carbocycles. The summed E-state index contributed by atoms with van der Waals surface area (Å²) in [5.41, 5.74) is 0. The number of nitrogens with zero attached hydrogens (tertiary/aromatic N) is 4. The summed E-state index contributed by atoms with van der Waals surface area (Å²) in [5, 5.41) is 3.39. The SMILES string of the molecule is CCOc1cc(N2CC(N3CCNCC3)C2)ncn1. The van der Waals surface area contributed by atoms with Gasteiger partial charge in [-0.15, -0.1) is 0 Å². The normalized spacial score (nSPS) is 21.2. The van der Waals surface area contributed by atoms with Crippen LogP contribution >= 0.6 is 0 Å². The maximum absolute atomic E-state index is 5.41. The lowest BCUT2D eigenvalue weighted by molar-refractivity contribution is 0.147. The molecule has 1 aromatic heterocycles. The topological polar surface area (TPSA) is 53.5 Å². The van der Waals surface area contributed by atoms with Gasteiger partial charge in [-0.3, -0.25) is 4.90 Å². The number of nitrogens with one attached hydrogen (secondary N) is 1.